The Hall–Kier alpha value is -2.07. The fourth-order valence-electron chi connectivity index (χ4n) is 1.92. The Bertz CT molecular complexity index is 617. The molecule has 0 bridgehead atoms. The Morgan fingerprint density at radius 1 is 1.00 bits per heavy atom. The zero-order valence-corrected chi connectivity index (χ0v) is 12.9. The second kappa shape index (κ2) is 7.09. The van der Waals surface area contributed by atoms with Crippen molar-refractivity contribution in [2.75, 3.05) is 24.3 Å². The van der Waals surface area contributed by atoms with E-state index in [0.29, 0.717) is 23.9 Å². The highest BCUT2D eigenvalue weighted by molar-refractivity contribution is 6.33. The van der Waals surface area contributed by atoms with Crippen molar-refractivity contribution < 1.29 is 9.47 Å². The highest BCUT2D eigenvalue weighted by atomic mass is 35.5. The summed E-state index contributed by atoms with van der Waals surface area (Å²) in [6.45, 7) is 5.07. The molecule has 2 aromatic rings. The van der Waals surface area contributed by atoms with Gasteiger partial charge in [0.1, 0.15) is 11.5 Å². The first kappa shape index (κ1) is 15.3. The van der Waals surface area contributed by atoms with E-state index in [2.05, 4.69) is 5.32 Å². The average molecular weight is 307 g/mol. The van der Waals surface area contributed by atoms with E-state index in [1.807, 2.05) is 38.1 Å². The number of anilines is 3. The third-order valence-corrected chi connectivity index (χ3v) is 3.14. The lowest BCUT2D eigenvalue weighted by atomic mass is 10.2. The van der Waals surface area contributed by atoms with Crippen LogP contribution in [-0.4, -0.2) is 13.2 Å². The normalized spacial score (nSPS) is 10.2. The Labute approximate surface area is 129 Å². The third kappa shape index (κ3) is 3.95. The second-order valence-corrected chi connectivity index (χ2v) is 4.80. The van der Waals surface area contributed by atoms with E-state index in [-0.39, 0.29) is 0 Å². The molecule has 0 aliphatic rings. The predicted molar refractivity (Wildman–Crippen MR) is 87.9 cm³/mol. The van der Waals surface area contributed by atoms with E-state index in [1.165, 1.54) is 0 Å². The molecule has 21 heavy (non-hydrogen) atoms. The summed E-state index contributed by atoms with van der Waals surface area (Å²) >= 11 is 6.20. The zero-order chi connectivity index (χ0) is 15.2. The van der Waals surface area contributed by atoms with Crippen molar-refractivity contribution in [2.45, 2.75) is 13.8 Å². The smallest absolute Gasteiger partial charge is 0.142 e. The lowest BCUT2D eigenvalue weighted by Crippen LogP contribution is -2.00. The van der Waals surface area contributed by atoms with Crippen LogP contribution >= 0.6 is 11.6 Å². The van der Waals surface area contributed by atoms with Crippen LogP contribution in [0.2, 0.25) is 5.02 Å². The number of halogens is 1. The van der Waals surface area contributed by atoms with Gasteiger partial charge in [0, 0.05) is 11.8 Å². The van der Waals surface area contributed by atoms with Gasteiger partial charge < -0.3 is 20.5 Å². The van der Waals surface area contributed by atoms with Crippen LogP contribution in [0.15, 0.2) is 36.4 Å². The molecule has 2 rings (SSSR count). The first-order valence-electron chi connectivity index (χ1n) is 6.85. The van der Waals surface area contributed by atoms with Crippen molar-refractivity contribution >= 4 is 28.7 Å². The molecule has 3 N–H and O–H groups in total. The summed E-state index contributed by atoms with van der Waals surface area (Å²) in [5.74, 6) is 1.52. The average Bonchev–Trinajstić information content (AvgIpc) is 2.45. The number of rotatable bonds is 6. The molecule has 0 spiro atoms. The van der Waals surface area contributed by atoms with Gasteiger partial charge in [0.05, 0.1) is 29.6 Å². The van der Waals surface area contributed by atoms with E-state index in [1.54, 1.807) is 12.1 Å². The largest absolute Gasteiger partial charge is 0.494 e. The Morgan fingerprint density at radius 2 is 1.76 bits per heavy atom. The molecule has 0 radical (unpaired) electrons. The van der Waals surface area contributed by atoms with Crippen LogP contribution in [0.4, 0.5) is 17.1 Å². The summed E-state index contributed by atoms with van der Waals surface area (Å²) in [7, 11) is 0. The maximum absolute atomic E-state index is 6.20. The lowest BCUT2D eigenvalue weighted by Gasteiger charge is -2.15. The predicted octanol–water partition coefficient (Wildman–Crippen LogP) is 4.46. The summed E-state index contributed by atoms with van der Waals surface area (Å²) in [5, 5.41) is 3.81. The molecule has 5 heteroatoms. The van der Waals surface area contributed by atoms with Crippen LogP contribution in [-0.2, 0) is 0 Å². The summed E-state index contributed by atoms with van der Waals surface area (Å²) in [4.78, 5) is 0. The minimum atomic E-state index is 0.555. The molecule has 0 aromatic heterocycles. The van der Waals surface area contributed by atoms with Gasteiger partial charge in [-0.15, -0.1) is 0 Å². The summed E-state index contributed by atoms with van der Waals surface area (Å²) in [6.07, 6.45) is 0. The topological polar surface area (TPSA) is 56.5 Å². The van der Waals surface area contributed by atoms with Crippen LogP contribution in [0.5, 0.6) is 11.5 Å². The van der Waals surface area contributed by atoms with Crippen molar-refractivity contribution in [2.24, 2.45) is 0 Å². The van der Waals surface area contributed by atoms with E-state index in [4.69, 9.17) is 26.8 Å². The van der Waals surface area contributed by atoms with Crippen LogP contribution < -0.4 is 20.5 Å². The molecule has 0 unspecified atom stereocenters. The summed E-state index contributed by atoms with van der Waals surface area (Å²) < 4.78 is 11.1. The van der Waals surface area contributed by atoms with E-state index in [9.17, 15) is 0 Å². The summed E-state index contributed by atoms with van der Waals surface area (Å²) in [5.41, 5.74) is 7.89. The zero-order valence-electron chi connectivity index (χ0n) is 12.2. The maximum Gasteiger partial charge on any atom is 0.142 e. The number of ether oxygens (including phenoxy) is 2. The molecule has 112 valence electrons. The monoisotopic (exact) mass is 306 g/mol. The van der Waals surface area contributed by atoms with Gasteiger partial charge in [-0.2, -0.15) is 0 Å². The van der Waals surface area contributed by atoms with Gasteiger partial charge >= 0.3 is 0 Å². The highest BCUT2D eigenvalue weighted by Gasteiger charge is 2.08. The molecule has 0 saturated carbocycles. The minimum absolute atomic E-state index is 0.555. The quantitative estimate of drug-likeness (QED) is 0.773. The molecule has 2 aromatic carbocycles. The maximum atomic E-state index is 6.20. The molecule has 0 saturated heterocycles. The van der Waals surface area contributed by atoms with E-state index >= 15 is 0 Å². The molecule has 0 aliphatic heterocycles. The Balaban J connectivity index is 2.33. The number of nitrogens with one attached hydrogen (secondary N) is 1. The van der Waals surface area contributed by atoms with Crippen molar-refractivity contribution in [1.82, 2.24) is 0 Å². The van der Waals surface area contributed by atoms with Gasteiger partial charge in [0.15, 0.2) is 0 Å². The van der Waals surface area contributed by atoms with Crippen molar-refractivity contribution in [3.8, 4) is 11.5 Å². The van der Waals surface area contributed by atoms with Crippen molar-refractivity contribution in [1.29, 1.82) is 0 Å². The molecule has 0 aliphatic carbocycles. The first-order valence-corrected chi connectivity index (χ1v) is 7.23. The van der Waals surface area contributed by atoms with E-state index in [0.717, 1.165) is 22.9 Å². The Morgan fingerprint density at radius 3 is 2.43 bits per heavy atom. The number of hydrogen-bond donors (Lipinski definition) is 2. The molecule has 0 atom stereocenters. The molecule has 0 fully saturated rings. The minimum Gasteiger partial charge on any atom is -0.494 e. The van der Waals surface area contributed by atoms with Crippen LogP contribution in [0.1, 0.15) is 13.8 Å². The fraction of sp³-hybridized carbons (Fsp3) is 0.250. The highest BCUT2D eigenvalue weighted by Crippen LogP contribution is 2.34. The molecular weight excluding hydrogens is 288 g/mol. The van der Waals surface area contributed by atoms with Gasteiger partial charge in [-0.05, 0) is 44.2 Å². The van der Waals surface area contributed by atoms with Gasteiger partial charge in [-0.25, -0.2) is 0 Å². The van der Waals surface area contributed by atoms with Crippen LogP contribution in [0.25, 0.3) is 0 Å². The van der Waals surface area contributed by atoms with Gasteiger partial charge in [0.25, 0.3) is 0 Å². The van der Waals surface area contributed by atoms with Crippen molar-refractivity contribution in [3.63, 3.8) is 0 Å². The Kier molecular flexibility index (Phi) is 5.17. The third-order valence-electron chi connectivity index (χ3n) is 2.82. The fourth-order valence-corrected chi connectivity index (χ4v) is 2.16. The lowest BCUT2D eigenvalue weighted by molar-refractivity contribution is 0.332. The second-order valence-electron chi connectivity index (χ2n) is 4.39. The standard InChI is InChI=1S/C16H19ClN2O2/c1-3-20-12-6-8-16(21-4-2)15(10-12)19-14-7-5-11(18)9-13(14)17/h5-10,19H,3-4,18H2,1-2H3. The molecule has 0 amide bonds. The van der Waals surface area contributed by atoms with Gasteiger partial charge in [-0.3, -0.25) is 0 Å². The van der Waals surface area contributed by atoms with Gasteiger partial charge in [-0.1, -0.05) is 11.6 Å². The number of benzene rings is 2. The SMILES string of the molecule is CCOc1ccc(OCC)c(Nc2ccc(N)cc2Cl)c1. The van der Waals surface area contributed by atoms with Crippen LogP contribution in [0, 0.1) is 0 Å². The number of nitrogens with two attached hydrogens (primary N) is 1. The molecule has 4 nitrogen and oxygen atoms in total. The number of nitrogen functional groups attached to an aromatic ring is 1. The number of hydrogen-bond acceptors (Lipinski definition) is 4. The van der Waals surface area contributed by atoms with Crippen LogP contribution in [0.3, 0.4) is 0 Å². The van der Waals surface area contributed by atoms with E-state index < -0.39 is 0 Å². The summed E-state index contributed by atoms with van der Waals surface area (Å²) in [6, 6.07) is 11.0. The molecule has 0 heterocycles. The first-order chi connectivity index (χ1) is 10.1. The molecular formula is C16H19ClN2O2. The van der Waals surface area contributed by atoms with Gasteiger partial charge in [0.2, 0.25) is 0 Å². The van der Waals surface area contributed by atoms with Crippen molar-refractivity contribution in [3.05, 3.63) is 41.4 Å².